The molecule has 0 bridgehead atoms. The van der Waals surface area contributed by atoms with Crippen molar-refractivity contribution in [3.8, 4) is 0 Å². The van der Waals surface area contributed by atoms with Crippen LogP contribution in [-0.2, 0) is 27.1 Å². The fourth-order valence-corrected chi connectivity index (χ4v) is 2.72. The van der Waals surface area contributed by atoms with Crippen molar-refractivity contribution in [2.75, 3.05) is 13.2 Å². The number of ketones is 1. The number of carbonyl (C=O) groups excluding carboxylic acids is 1. The summed E-state index contributed by atoms with van der Waals surface area (Å²) in [7, 11) is 0. The molecule has 114 valence electrons. The summed E-state index contributed by atoms with van der Waals surface area (Å²) in [4.78, 5) is 12.8. The van der Waals surface area contributed by atoms with Gasteiger partial charge in [-0.3, -0.25) is 4.79 Å². The van der Waals surface area contributed by atoms with E-state index >= 15 is 0 Å². The monoisotopic (exact) mass is 296 g/mol. The summed E-state index contributed by atoms with van der Waals surface area (Å²) >= 11 is 0. The van der Waals surface area contributed by atoms with Crippen LogP contribution in [-0.4, -0.2) is 24.8 Å². The van der Waals surface area contributed by atoms with E-state index in [9.17, 15) is 4.79 Å². The van der Waals surface area contributed by atoms with Crippen LogP contribution in [0.5, 0.6) is 0 Å². The predicted molar refractivity (Wildman–Crippen MR) is 84.6 cm³/mol. The number of carbonyl (C=O) groups is 1. The quantitative estimate of drug-likeness (QED) is 0.850. The maximum atomic E-state index is 12.8. The van der Waals surface area contributed by atoms with Gasteiger partial charge in [0.05, 0.1) is 13.2 Å². The van der Waals surface area contributed by atoms with Gasteiger partial charge in [0.25, 0.3) is 0 Å². The van der Waals surface area contributed by atoms with E-state index < -0.39 is 5.79 Å². The molecule has 0 saturated carbocycles. The molecule has 0 radical (unpaired) electrons. The Morgan fingerprint density at radius 1 is 0.864 bits per heavy atom. The fraction of sp³-hybridized carbons (Fsp3) is 0.316. The molecule has 0 N–H and O–H groups in total. The summed E-state index contributed by atoms with van der Waals surface area (Å²) in [6.07, 6.45) is 1.61. The molecule has 0 atom stereocenters. The number of benzene rings is 2. The Morgan fingerprint density at radius 3 is 2.00 bits per heavy atom. The molecule has 22 heavy (non-hydrogen) atoms. The van der Waals surface area contributed by atoms with Gasteiger partial charge in [-0.15, -0.1) is 0 Å². The van der Waals surface area contributed by atoms with Crippen molar-refractivity contribution < 1.29 is 14.3 Å². The van der Waals surface area contributed by atoms with Crippen LogP contribution in [0.4, 0.5) is 0 Å². The first kappa shape index (κ1) is 14.9. The Kier molecular flexibility index (Phi) is 4.66. The van der Waals surface area contributed by atoms with Gasteiger partial charge < -0.3 is 9.47 Å². The average Bonchev–Trinajstić information content (AvgIpc) is 2.57. The lowest BCUT2D eigenvalue weighted by Crippen LogP contribution is -2.50. The summed E-state index contributed by atoms with van der Waals surface area (Å²) in [5.74, 6) is -1.16. The van der Waals surface area contributed by atoms with Gasteiger partial charge in [-0.2, -0.15) is 0 Å². The van der Waals surface area contributed by atoms with Crippen LogP contribution in [0, 0.1) is 0 Å². The van der Waals surface area contributed by atoms with E-state index in [1.807, 2.05) is 60.7 Å². The Balaban J connectivity index is 1.80. The molecule has 1 heterocycles. The lowest BCUT2D eigenvalue weighted by Gasteiger charge is -2.36. The van der Waals surface area contributed by atoms with Crippen molar-refractivity contribution in [1.82, 2.24) is 0 Å². The minimum atomic E-state index is -1.14. The fourth-order valence-electron chi connectivity index (χ4n) is 2.72. The highest BCUT2D eigenvalue weighted by atomic mass is 16.7. The summed E-state index contributed by atoms with van der Waals surface area (Å²) in [6, 6.07) is 19.6. The lowest BCUT2D eigenvalue weighted by molar-refractivity contribution is -0.252. The van der Waals surface area contributed by atoms with Crippen LogP contribution in [0.3, 0.4) is 0 Å². The van der Waals surface area contributed by atoms with E-state index in [1.165, 1.54) is 0 Å². The number of hydrogen-bond donors (Lipinski definition) is 0. The zero-order valence-corrected chi connectivity index (χ0v) is 12.5. The minimum Gasteiger partial charge on any atom is -0.343 e. The van der Waals surface area contributed by atoms with E-state index in [1.54, 1.807) is 0 Å². The smallest absolute Gasteiger partial charge is 0.233 e. The third kappa shape index (κ3) is 3.43. The molecule has 1 aliphatic heterocycles. The van der Waals surface area contributed by atoms with Gasteiger partial charge in [-0.1, -0.05) is 60.7 Å². The summed E-state index contributed by atoms with van der Waals surface area (Å²) in [6.45, 7) is 1.13. The van der Waals surface area contributed by atoms with E-state index in [2.05, 4.69) is 0 Å². The Bertz CT molecular complexity index is 601. The highest BCUT2D eigenvalue weighted by molar-refractivity contribution is 5.88. The van der Waals surface area contributed by atoms with Crippen molar-refractivity contribution >= 4 is 5.78 Å². The van der Waals surface area contributed by atoms with Crippen LogP contribution in [0.1, 0.15) is 17.5 Å². The number of rotatable bonds is 5. The van der Waals surface area contributed by atoms with Crippen molar-refractivity contribution in [1.29, 1.82) is 0 Å². The number of hydrogen-bond acceptors (Lipinski definition) is 3. The van der Waals surface area contributed by atoms with E-state index in [0.29, 0.717) is 26.1 Å². The maximum absolute atomic E-state index is 12.8. The van der Waals surface area contributed by atoms with Crippen LogP contribution in [0.15, 0.2) is 60.7 Å². The van der Waals surface area contributed by atoms with E-state index in [4.69, 9.17) is 9.47 Å². The molecule has 3 rings (SSSR count). The van der Waals surface area contributed by atoms with Gasteiger partial charge in [0.2, 0.25) is 5.79 Å². The highest BCUT2D eigenvalue weighted by Crippen LogP contribution is 2.26. The van der Waals surface area contributed by atoms with Crippen LogP contribution < -0.4 is 0 Å². The van der Waals surface area contributed by atoms with E-state index in [0.717, 1.165) is 17.5 Å². The normalized spacial score (nSPS) is 17.1. The molecular formula is C19H20O3. The molecule has 0 amide bonds. The molecular weight excluding hydrogens is 276 g/mol. The van der Waals surface area contributed by atoms with Gasteiger partial charge in [-0.05, 0) is 17.5 Å². The Labute approximate surface area is 130 Å². The van der Waals surface area contributed by atoms with Crippen molar-refractivity contribution in [2.45, 2.75) is 25.0 Å². The van der Waals surface area contributed by atoms with Crippen LogP contribution in [0.25, 0.3) is 0 Å². The second-order valence-corrected chi connectivity index (χ2v) is 5.55. The second-order valence-electron chi connectivity index (χ2n) is 5.55. The van der Waals surface area contributed by atoms with Crippen LogP contribution >= 0.6 is 0 Å². The number of ether oxygens (including phenoxy) is 2. The third-order valence-corrected chi connectivity index (χ3v) is 3.87. The average molecular weight is 296 g/mol. The summed E-state index contributed by atoms with van der Waals surface area (Å²) in [5, 5.41) is 0. The molecule has 2 aromatic carbocycles. The van der Waals surface area contributed by atoms with E-state index in [-0.39, 0.29) is 5.78 Å². The summed E-state index contributed by atoms with van der Waals surface area (Å²) < 4.78 is 11.7. The maximum Gasteiger partial charge on any atom is 0.233 e. The van der Waals surface area contributed by atoms with Gasteiger partial charge in [0.1, 0.15) is 0 Å². The van der Waals surface area contributed by atoms with Crippen molar-refractivity contribution in [3.63, 3.8) is 0 Å². The molecule has 0 spiro atoms. The molecule has 3 heteroatoms. The molecule has 1 aliphatic rings. The first-order valence-corrected chi connectivity index (χ1v) is 7.68. The SMILES string of the molecule is O=C(Cc1ccccc1)C1(Cc2ccccc2)OCCCO1. The molecule has 0 aromatic heterocycles. The molecule has 2 aromatic rings. The molecule has 1 fully saturated rings. The second kappa shape index (κ2) is 6.86. The predicted octanol–water partition coefficient (Wildman–Crippen LogP) is 3.17. The molecule has 3 nitrogen and oxygen atoms in total. The van der Waals surface area contributed by atoms with Gasteiger partial charge in [0.15, 0.2) is 5.78 Å². The zero-order valence-electron chi connectivity index (χ0n) is 12.5. The number of Topliss-reactive ketones (excluding diaryl/α,β-unsaturated/α-hetero) is 1. The Morgan fingerprint density at radius 2 is 1.41 bits per heavy atom. The largest absolute Gasteiger partial charge is 0.343 e. The Hall–Kier alpha value is -1.97. The summed E-state index contributed by atoms with van der Waals surface area (Å²) in [5.41, 5.74) is 2.03. The van der Waals surface area contributed by atoms with Crippen molar-refractivity contribution in [2.24, 2.45) is 0 Å². The topological polar surface area (TPSA) is 35.5 Å². The molecule has 1 saturated heterocycles. The first-order chi connectivity index (χ1) is 10.8. The lowest BCUT2D eigenvalue weighted by atomic mass is 9.95. The zero-order chi connectivity index (χ0) is 15.3. The van der Waals surface area contributed by atoms with Gasteiger partial charge in [-0.25, -0.2) is 0 Å². The van der Waals surface area contributed by atoms with Crippen LogP contribution in [0.2, 0.25) is 0 Å². The molecule has 0 aliphatic carbocycles. The highest BCUT2D eigenvalue weighted by Gasteiger charge is 2.42. The van der Waals surface area contributed by atoms with Gasteiger partial charge in [0, 0.05) is 12.8 Å². The van der Waals surface area contributed by atoms with Gasteiger partial charge >= 0.3 is 0 Å². The minimum absolute atomic E-state index is 0.0118. The third-order valence-electron chi connectivity index (χ3n) is 3.87. The first-order valence-electron chi connectivity index (χ1n) is 7.68. The molecule has 0 unspecified atom stereocenters. The standard InChI is InChI=1S/C19H20O3/c20-18(14-16-8-3-1-4-9-16)19(21-12-7-13-22-19)15-17-10-5-2-6-11-17/h1-6,8-11H,7,12-15H2. The van der Waals surface area contributed by atoms with Crippen molar-refractivity contribution in [3.05, 3.63) is 71.8 Å².